The van der Waals surface area contributed by atoms with Crippen molar-refractivity contribution < 1.29 is 14.7 Å². The highest BCUT2D eigenvalue weighted by atomic mass is 16.4. The quantitative estimate of drug-likeness (QED) is 0.739. The van der Waals surface area contributed by atoms with Gasteiger partial charge in [-0.2, -0.15) is 0 Å². The molecule has 0 bridgehead atoms. The van der Waals surface area contributed by atoms with E-state index in [1.54, 1.807) is 0 Å². The Morgan fingerprint density at radius 1 is 1.21 bits per heavy atom. The molecule has 0 saturated carbocycles. The summed E-state index contributed by atoms with van der Waals surface area (Å²) in [5.74, 6) is -1.18. The molecule has 100 valence electrons. The zero-order valence-corrected chi connectivity index (χ0v) is 10.5. The molecule has 0 aliphatic rings. The number of aliphatic carboxylic acids is 1. The third-order valence-electron chi connectivity index (χ3n) is 2.87. The number of carbonyl (C=O) groups is 2. The van der Waals surface area contributed by atoms with E-state index in [0.717, 1.165) is 16.6 Å². The van der Waals surface area contributed by atoms with Gasteiger partial charge in [0.1, 0.15) is 0 Å². The third-order valence-corrected chi connectivity index (χ3v) is 2.87. The van der Waals surface area contributed by atoms with E-state index < -0.39 is 5.97 Å². The summed E-state index contributed by atoms with van der Waals surface area (Å²) in [5.41, 5.74) is 2.13. The van der Waals surface area contributed by atoms with Gasteiger partial charge >= 0.3 is 5.97 Å². The SMILES string of the molecule is O=C(O)CCC(=O)NCCc1cc2ccccc2[nH]1. The van der Waals surface area contributed by atoms with Crippen LogP contribution in [0.3, 0.4) is 0 Å². The molecule has 19 heavy (non-hydrogen) atoms. The lowest BCUT2D eigenvalue weighted by Gasteiger charge is -2.02. The lowest BCUT2D eigenvalue weighted by atomic mass is 10.2. The van der Waals surface area contributed by atoms with E-state index >= 15 is 0 Å². The molecule has 0 unspecified atom stereocenters. The van der Waals surface area contributed by atoms with Crippen LogP contribution in [0.15, 0.2) is 30.3 Å². The molecule has 1 aromatic heterocycles. The van der Waals surface area contributed by atoms with Gasteiger partial charge in [-0.1, -0.05) is 18.2 Å². The maximum Gasteiger partial charge on any atom is 0.303 e. The van der Waals surface area contributed by atoms with Crippen LogP contribution in [0, 0.1) is 0 Å². The molecule has 5 heteroatoms. The number of carbonyl (C=O) groups excluding carboxylic acids is 1. The van der Waals surface area contributed by atoms with Gasteiger partial charge in [-0.15, -0.1) is 0 Å². The number of aromatic amines is 1. The minimum atomic E-state index is -0.953. The normalized spacial score (nSPS) is 10.5. The minimum Gasteiger partial charge on any atom is -0.481 e. The lowest BCUT2D eigenvalue weighted by Crippen LogP contribution is -2.26. The summed E-state index contributed by atoms with van der Waals surface area (Å²) in [6, 6.07) is 10.0. The second-order valence-corrected chi connectivity index (χ2v) is 4.38. The monoisotopic (exact) mass is 260 g/mol. The number of amides is 1. The second kappa shape index (κ2) is 6.04. The van der Waals surface area contributed by atoms with Crippen LogP contribution in [0.4, 0.5) is 0 Å². The van der Waals surface area contributed by atoms with Crippen LogP contribution in [-0.4, -0.2) is 28.5 Å². The molecule has 1 heterocycles. The summed E-state index contributed by atoms with van der Waals surface area (Å²) in [7, 11) is 0. The van der Waals surface area contributed by atoms with Crippen LogP contribution >= 0.6 is 0 Å². The topological polar surface area (TPSA) is 82.2 Å². The van der Waals surface area contributed by atoms with Gasteiger partial charge in [-0.3, -0.25) is 9.59 Å². The first-order chi connectivity index (χ1) is 9.15. The number of fused-ring (bicyclic) bond motifs is 1. The molecule has 0 aliphatic carbocycles. The van der Waals surface area contributed by atoms with Gasteiger partial charge in [-0.25, -0.2) is 0 Å². The molecule has 1 amide bonds. The molecule has 0 aliphatic heterocycles. The van der Waals surface area contributed by atoms with E-state index in [4.69, 9.17) is 5.11 Å². The average molecular weight is 260 g/mol. The number of H-pyrrole nitrogens is 1. The third kappa shape index (κ3) is 3.84. The molecular weight excluding hydrogens is 244 g/mol. The van der Waals surface area contributed by atoms with Crippen molar-refractivity contribution in [1.29, 1.82) is 0 Å². The Kier molecular flexibility index (Phi) is 4.18. The van der Waals surface area contributed by atoms with Crippen molar-refractivity contribution in [2.75, 3.05) is 6.54 Å². The minimum absolute atomic E-state index is 0.0298. The van der Waals surface area contributed by atoms with Gasteiger partial charge in [0.2, 0.25) is 5.91 Å². The molecule has 1 aromatic carbocycles. The Morgan fingerprint density at radius 2 is 2.00 bits per heavy atom. The highest BCUT2D eigenvalue weighted by molar-refractivity contribution is 5.81. The number of aromatic nitrogens is 1. The number of rotatable bonds is 6. The summed E-state index contributed by atoms with van der Waals surface area (Å²) >= 11 is 0. The Bertz CT molecular complexity index is 556. The van der Waals surface area contributed by atoms with Crippen molar-refractivity contribution in [1.82, 2.24) is 10.3 Å². The standard InChI is InChI=1S/C14H16N2O3/c17-13(5-6-14(18)19)15-8-7-11-9-10-3-1-2-4-12(10)16-11/h1-4,9,16H,5-8H2,(H,15,17)(H,18,19). The summed E-state index contributed by atoms with van der Waals surface area (Å²) in [4.78, 5) is 24.9. The molecular formula is C14H16N2O3. The van der Waals surface area contributed by atoms with Crippen molar-refractivity contribution in [2.24, 2.45) is 0 Å². The zero-order chi connectivity index (χ0) is 13.7. The first-order valence-electron chi connectivity index (χ1n) is 6.20. The van der Waals surface area contributed by atoms with Crippen molar-refractivity contribution in [3.05, 3.63) is 36.0 Å². The maximum atomic E-state index is 11.3. The predicted octanol–water partition coefficient (Wildman–Crippen LogP) is 1.69. The number of carboxylic acids is 1. The summed E-state index contributed by atoms with van der Waals surface area (Å²) in [6.45, 7) is 0.505. The lowest BCUT2D eigenvalue weighted by molar-refractivity contribution is -0.138. The molecule has 0 fully saturated rings. The number of carboxylic acid groups (broad SMARTS) is 1. The van der Waals surface area contributed by atoms with Gasteiger partial charge < -0.3 is 15.4 Å². The molecule has 2 rings (SSSR count). The first kappa shape index (κ1) is 13.1. The largest absolute Gasteiger partial charge is 0.481 e. The number of benzene rings is 1. The molecule has 2 aromatic rings. The smallest absolute Gasteiger partial charge is 0.303 e. The Labute approximate surface area is 110 Å². The fraction of sp³-hybridized carbons (Fsp3) is 0.286. The van der Waals surface area contributed by atoms with Crippen molar-refractivity contribution in [3.63, 3.8) is 0 Å². The fourth-order valence-corrected chi connectivity index (χ4v) is 1.91. The van der Waals surface area contributed by atoms with Crippen LogP contribution in [0.25, 0.3) is 10.9 Å². The Morgan fingerprint density at radius 3 is 2.74 bits per heavy atom. The summed E-state index contributed by atoms with van der Waals surface area (Å²) in [6.07, 6.45) is 0.605. The molecule has 3 N–H and O–H groups in total. The molecule has 0 radical (unpaired) electrons. The van der Waals surface area contributed by atoms with Crippen molar-refractivity contribution in [2.45, 2.75) is 19.3 Å². The highest BCUT2D eigenvalue weighted by Crippen LogP contribution is 2.14. The maximum absolute atomic E-state index is 11.3. The zero-order valence-electron chi connectivity index (χ0n) is 10.5. The van der Waals surface area contributed by atoms with Crippen LogP contribution in [0.1, 0.15) is 18.5 Å². The Hall–Kier alpha value is -2.30. The van der Waals surface area contributed by atoms with Crippen LogP contribution < -0.4 is 5.32 Å². The molecule has 0 spiro atoms. The van der Waals surface area contributed by atoms with Crippen molar-refractivity contribution >= 4 is 22.8 Å². The molecule has 5 nitrogen and oxygen atoms in total. The second-order valence-electron chi connectivity index (χ2n) is 4.38. The predicted molar refractivity (Wildman–Crippen MR) is 71.9 cm³/mol. The van der Waals surface area contributed by atoms with E-state index in [9.17, 15) is 9.59 Å². The van der Waals surface area contributed by atoms with Crippen LogP contribution in [-0.2, 0) is 16.0 Å². The number of para-hydroxylation sites is 1. The molecule has 0 saturated heterocycles. The van der Waals surface area contributed by atoms with E-state index in [1.807, 2.05) is 24.3 Å². The fourth-order valence-electron chi connectivity index (χ4n) is 1.91. The van der Waals surface area contributed by atoms with E-state index in [1.165, 1.54) is 0 Å². The van der Waals surface area contributed by atoms with Gasteiger partial charge in [0.15, 0.2) is 0 Å². The number of hydrogen-bond donors (Lipinski definition) is 3. The first-order valence-corrected chi connectivity index (χ1v) is 6.20. The summed E-state index contributed by atoms with van der Waals surface area (Å²) < 4.78 is 0. The van der Waals surface area contributed by atoms with E-state index in [0.29, 0.717) is 13.0 Å². The van der Waals surface area contributed by atoms with Gasteiger partial charge in [0, 0.05) is 30.6 Å². The van der Waals surface area contributed by atoms with Gasteiger partial charge in [-0.05, 0) is 17.5 Å². The number of nitrogens with one attached hydrogen (secondary N) is 2. The highest BCUT2D eigenvalue weighted by Gasteiger charge is 2.05. The number of hydrogen-bond acceptors (Lipinski definition) is 2. The van der Waals surface area contributed by atoms with Crippen molar-refractivity contribution in [3.8, 4) is 0 Å². The average Bonchev–Trinajstić information content (AvgIpc) is 2.79. The van der Waals surface area contributed by atoms with E-state index in [-0.39, 0.29) is 18.7 Å². The summed E-state index contributed by atoms with van der Waals surface area (Å²) in [5, 5.41) is 12.3. The van der Waals surface area contributed by atoms with Crippen LogP contribution in [0.5, 0.6) is 0 Å². The van der Waals surface area contributed by atoms with Crippen LogP contribution in [0.2, 0.25) is 0 Å². The van der Waals surface area contributed by atoms with Gasteiger partial charge in [0.05, 0.1) is 6.42 Å². The Balaban J connectivity index is 1.79. The van der Waals surface area contributed by atoms with E-state index in [2.05, 4.69) is 16.4 Å². The molecule has 0 atom stereocenters. The van der Waals surface area contributed by atoms with Gasteiger partial charge in [0.25, 0.3) is 0 Å².